The minimum absolute atomic E-state index is 0.141. The number of fused-ring (bicyclic) bond motifs is 1. The van der Waals surface area contributed by atoms with E-state index in [2.05, 4.69) is 30.2 Å². The third-order valence-electron chi connectivity index (χ3n) is 7.24. The van der Waals surface area contributed by atoms with Crippen molar-refractivity contribution in [3.8, 4) is 11.3 Å². The highest BCUT2D eigenvalue weighted by Gasteiger charge is 2.27. The quantitative estimate of drug-likeness (QED) is 0.604. The zero-order valence-corrected chi connectivity index (χ0v) is 21.3. The Kier molecular flexibility index (Phi) is 6.87. The fourth-order valence-electron chi connectivity index (χ4n) is 5.10. The van der Waals surface area contributed by atoms with Crippen LogP contribution in [-0.2, 0) is 16.6 Å². The molecule has 0 radical (unpaired) electrons. The van der Waals surface area contributed by atoms with Crippen molar-refractivity contribution in [1.82, 2.24) is 19.7 Å². The molecule has 5 rings (SSSR count). The summed E-state index contributed by atoms with van der Waals surface area (Å²) in [6.45, 7) is 6.64. The summed E-state index contributed by atoms with van der Waals surface area (Å²) < 4.78 is 7.30. The van der Waals surface area contributed by atoms with Gasteiger partial charge in [0.05, 0.1) is 17.9 Å². The number of hydrogen-bond acceptors (Lipinski definition) is 6. The van der Waals surface area contributed by atoms with E-state index in [4.69, 9.17) is 20.4 Å². The maximum absolute atomic E-state index is 12.6. The minimum Gasteiger partial charge on any atom is -0.398 e. The van der Waals surface area contributed by atoms with E-state index in [0.717, 1.165) is 70.5 Å². The van der Waals surface area contributed by atoms with E-state index < -0.39 is 0 Å². The van der Waals surface area contributed by atoms with Crippen LogP contribution >= 0.6 is 0 Å². The zero-order chi connectivity index (χ0) is 25.2. The van der Waals surface area contributed by atoms with Gasteiger partial charge in [0.1, 0.15) is 0 Å². The van der Waals surface area contributed by atoms with Crippen molar-refractivity contribution in [3.63, 3.8) is 0 Å². The maximum atomic E-state index is 12.6. The number of pyridine rings is 1. The van der Waals surface area contributed by atoms with Crippen LogP contribution in [0, 0.1) is 6.92 Å². The Bertz CT molecular complexity index is 1350. The fraction of sp³-hybridized carbons (Fsp3) is 0.429. The summed E-state index contributed by atoms with van der Waals surface area (Å²) in [5, 5.41) is 6.38. The molecule has 1 aromatic carbocycles. The lowest BCUT2D eigenvalue weighted by molar-refractivity contribution is -0.130. The Hall–Kier alpha value is -3.52. The van der Waals surface area contributed by atoms with E-state index >= 15 is 0 Å². The van der Waals surface area contributed by atoms with Crippen LogP contribution in [0.3, 0.4) is 0 Å². The Morgan fingerprint density at radius 3 is 2.75 bits per heavy atom. The molecule has 0 atom stereocenters. The molecule has 2 aliphatic heterocycles. The molecule has 2 aromatic heterocycles. The van der Waals surface area contributed by atoms with Gasteiger partial charge >= 0.3 is 0 Å². The first kappa shape index (κ1) is 24.2. The lowest BCUT2D eigenvalue weighted by Crippen LogP contribution is -2.41. The Labute approximate surface area is 211 Å². The first-order chi connectivity index (χ1) is 17.4. The molecule has 1 amide bonds. The molecule has 2 N–H and O–H groups in total. The number of carbonyl (C=O) groups excluding carboxylic acids is 1. The van der Waals surface area contributed by atoms with Gasteiger partial charge in [-0.25, -0.2) is 0 Å². The predicted molar refractivity (Wildman–Crippen MR) is 143 cm³/mol. The first-order valence-electron chi connectivity index (χ1n) is 12.7. The largest absolute Gasteiger partial charge is 0.398 e. The third kappa shape index (κ3) is 4.78. The molecule has 8 heteroatoms. The highest BCUT2D eigenvalue weighted by Crippen LogP contribution is 2.31. The fourth-order valence-corrected chi connectivity index (χ4v) is 5.10. The maximum Gasteiger partial charge on any atom is 0.222 e. The monoisotopic (exact) mass is 486 g/mol. The predicted octanol–water partition coefficient (Wildman–Crippen LogP) is 3.88. The first-order valence-corrected chi connectivity index (χ1v) is 12.7. The Morgan fingerprint density at radius 2 is 2.03 bits per heavy atom. The van der Waals surface area contributed by atoms with Crippen molar-refractivity contribution in [2.24, 2.45) is 17.8 Å². The van der Waals surface area contributed by atoms with E-state index in [9.17, 15) is 4.79 Å². The SMILES string of the molecule is CCC(=O)N1CCC(=NC2CCOCC2)C(=C(N)c2ccc(C)c3cc(-c4cnn(C)c4)ncc23)C1. The van der Waals surface area contributed by atoms with Gasteiger partial charge in [0.25, 0.3) is 0 Å². The molecule has 4 heterocycles. The average molecular weight is 487 g/mol. The molecule has 2 aliphatic rings. The molecule has 0 unspecified atom stereocenters. The van der Waals surface area contributed by atoms with E-state index in [-0.39, 0.29) is 11.9 Å². The van der Waals surface area contributed by atoms with Crippen LogP contribution in [-0.4, -0.2) is 63.6 Å². The summed E-state index contributed by atoms with van der Waals surface area (Å²) in [6.07, 6.45) is 8.72. The van der Waals surface area contributed by atoms with E-state index in [1.54, 1.807) is 4.68 Å². The Balaban J connectivity index is 1.60. The van der Waals surface area contributed by atoms with Crippen LogP contribution in [0.5, 0.6) is 0 Å². The summed E-state index contributed by atoms with van der Waals surface area (Å²) in [6, 6.07) is 6.51. The van der Waals surface area contributed by atoms with Crippen LogP contribution in [0.2, 0.25) is 0 Å². The number of likely N-dealkylation sites (tertiary alicyclic amines) is 1. The van der Waals surface area contributed by atoms with Crippen LogP contribution in [0.25, 0.3) is 27.7 Å². The number of piperidine rings is 1. The smallest absolute Gasteiger partial charge is 0.222 e. The number of rotatable bonds is 4. The second-order valence-electron chi connectivity index (χ2n) is 9.68. The second-order valence-corrected chi connectivity index (χ2v) is 9.68. The van der Waals surface area contributed by atoms with Crippen molar-refractivity contribution in [3.05, 3.63) is 53.5 Å². The van der Waals surface area contributed by atoms with Crippen LogP contribution < -0.4 is 5.73 Å². The summed E-state index contributed by atoms with van der Waals surface area (Å²) in [5.74, 6) is 0.141. The Morgan fingerprint density at radius 1 is 1.22 bits per heavy atom. The normalized spacial score (nSPS) is 19.8. The number of amides is 1. The van der Waals surface area contributed by atoms with Crippen molar-refractivity contribution in [2.75, 3.05) is 26.3 Å². The highest BCUT2D eigenvalue weighted by molar-refractivity contribution is 6.10. The lowest BCUT2D eigenvalue weighted by atomic mass is 9.92. The van der Waals surface area contributed by atoms with Crippen molar-refractivity contribution < 1.29 is 9.53 Å². The molecule has 0 aliphatic carbocycles. The molecule has 3 aromatic rings. The third-order valence-corrected chi connectivity index (χ3v) is 7.24. The van der Waals surface area contributed by atoms with Crippen molar-refractivity contribution in [2.45, 2.75) is 45.6 Å². The molecule has 188 valence electrons. The molecule has 8 nitrogen and oxygen atoms in total. The van der Waals surface area contributed by atoms with Gasteiger partial charge in [-0.1, -0.05) is 19.1 Å². The summed E-state index contributed by atoms with van der Waals surface area (Å²) >= 11 is 0. The van der Waals surface area contributed by atoms with Gasteiger partial charge in [0, 0.05) is 92.1 Å². The number of nitrogens with zero attached hydrogens (tertiary/aromatic N) is 5. The number of ether oxygens (including phenoxy) is 1. The van der Waals surface area contributed by atoms with Crippen LogP contribution in [0.4, 0.5) is 0 Å². The van der Waals surface area contributed by atoms with E-state index in [1.165, 1.54) is 0 Å². The molecule has 0 bridgehead atoms. The molecule has 2 saturated heterocycles. The number of nitrogens with two attached hydrogens (primary N) is 1. The number of hydrogen-bond donors (Lipinski definition) is 1. The molecule has 0 saturated carbocycles. The van der Waals surface area contributed by atoms with Crippen LogP contribution in [0.1, 0.15) is 43.7 Å². The summed E-state index contributed by atoms with van der Waals surface area (Å²) in [7, 11) is 1.90. The molecular weight excluding hydrogens is 452 g/mol. The van der Waals surface area contributed by atoms with Crippen molar-refractivity contribution >= 4 is 28.1 Å². The van der Waals surface area contributed by atoms with E-state index in [1.807, 2.05) is 37.5 Å². The van der Waals surface area contributed by atoms with Crippen LogP contribution in [0.15, 0.2) is 47.4 Å². The van der Waals surface area contributed by atoms with Gasteiger partial charge in [-0.3, -0.25) is 19.5 Å². The van der Waals surface area contributed by atoms with Crippen molar-refractivity contribution in [1.29, 1.82) is 0 Å². The molecular formula is C28H34N6O2. The number of benzene rings is 1. The second kappa shape index (κ2) is 10.2. The highest BCUT2D eigenvalue weighted by atomic mass is 16.5. The number of aryl methyl sites for hydroxylation is 2. The average Bonchev–Trinajstić information content (AvgIpc) is 3.35. The van der Waals surface area contributed by atoms with E-state index in [0.29, 0.717) is 31.6 Å². The minimum atomic E-state index is 0.141. The summed E-state index contributed by atoms with van der Waals surface area (Å²) in [4.78, 5) is 24.4. The van der Waals surface area contributed by atoms with Gasteiger partial charge in [-0.05, 0) is 36.8 Å². The van der Waals surface area contributed by atoms with Gasteiger partial charge < -0.3 is 15.4 Å². The standard InChI is InChI=1S/C28H34N6O2/c1-4-27(35)34-10-7-25(32-20-8-11-36-12-9-20)24(17-34)28(29)21-6-5-18(2)22-13-26(30-15-23(21)22)19-14-31-33(3)16-19/h5-6,13-16,20H,4,7-12,17,29H2,1-3H3. The van der Waals surface area contributed by atoms with Gasteiger partial charge in [0.2, 0.25) is 5.91 Å². The summed E-state index contributed by atoms with van der Waals surface area (Å²) in [5.41, 5.74) is 13.5. The number of aliphatic imine (C=N–C) groups is 1. The lowest BCUT2D eigenvalue weighted by Gasteiger charge is -2.32. The molecule has 36 heavy (non-hydrogen) atoms. The zero-order valence-electron chi connectivity index (χ0n) is 21.3. The number of carbonyl (C=O) groups is 1. The van der Waals surface area contributed by atoms with Gasteiger partial charge in [0.15, 0.2) is 0 Å². The topological polar surface area (TPSA) is 98.6 Å². The number of aromatic nitrogens is 3. The molecule has 0 spiro atoms. The van der Waals surface area contributed by atoms with Gasteiger partial charge in [-0.2, -0.15) is 5.10 Å². The molecule has 2 fully saturated rings. The van der Waals surface area contributed by atoms with Gasteiger partial charge in [-0.15, -0.1) is 0 Å².